The molecule has 0 aliphatic carbocycles. The lowest BCUT2D eigenvalue weighted by atomic mass is 9.90. The number of amides is 1. The summed E-state index contributed by atoms with van der Waals surface area (Å²) in [6, 6.07) is 29.3. The van der Waals surface area contributed by atoms with Crippen LogP contribution in [0.2, 0.25) is 0 Å². The number of carbonyl (C=O) groups excluding carboxylic acids is 1. The van der Waals surface area contributed by atoms with E-state index in [1.807, 2.05) is 24.3 Å². The van der Waals surface area contributed by atoms with Crippen molar-refractivity contribution in [3.63, 3.8) is 0 Å². The van der Waals surface area contributed by atoms with E-state index >= 15 is 0 Å². The SMILES string of the molecule is CC1CCN(CCNC(=O)c2ccc(OC3CCN(CC(c4ccccc4)c4ccccc4)CC3)cc2)CC1. The average Bonchev–Trinajstić information content (AvgIpc) is 2.99. The highest BCUT2D eigenvalue weighted by atomic mass is 16.5. The molecular weight excluding hydrogens is 482 g/mol. The van der Waals surface area contributed by atoms with Crippen molar-refractivity contribution in [1.82, 2.24) is 15.1 Å². The van der Waals surface area contributed by atoms with E-state index < -0.39 is 0 Å². The van der Waals surface area contributed by atoms with E-state index in [2.05, 4.69) is 82.7 Å². The number of likely N-dealkylation sites (tertiary alicyclic amines) is 2. The van der Waals surface area contributed by atoms with Crippen molar-refractivity contribution in [3.8, 4) is 5.75 Å². The highest BCUT2D eigenvalue weighted by Gasteiger charge is 2.24. The molecule has 2 aliphatic rings. The third-order valence-corrected chi connectivity index (χ3v) is 8.39. The minimum atomic E-state index is -0.00776. The highest BCUT2D eigenvalue weighted by Crippen LogP contribution is 2.28. The maximum atomic E-state index is 12.6. The number of piperidine rings is 2. The van der Waals surface area contributed by atoms with Crippen LogP contribution in [0.4, 0.5) is 0 Å². The van der Waals surface area contributed by atoms with E-state index in [0.29, 0.717) is 18.0 Å². The third-order valence-electron chi connectivity index (χ3n) is 8.39. The van der Waals surface area contributed by atoms with Gasteiger partial charge in [0.15, 0.2) is 0 Å². The van der Waals surface area contributed by atoms with Gasteiger partial charge in [0.2, 0.25) is 0 Å². The molecule has 206 valence electrons. The molecule has 0 saturated carbocycles. The molecule has 39 heavy (non-hydrogen) atoms. The van der Waals surface area contributed by atoms with Crippen LogP contribution in [0, 0.1) is 5.92 Å². The van der Waals surface area contributed by atoms with Crippen LogP contribution in [0.3, 0.4) is 0 Å². The molecule has 0 atom stereocenters. The summed E-state index contributed by atoms with van der Waals surface area (Å²) in [6.45, 7) is 9.29. The summed E-state index contributed by atoms with van der Waals surface area (Å²) >= 11 is 0. The number of hydrogen-bond donors (Lipinski definition) is 1. The molecule has 0 unspecified atom stereocenters. The molecule has 0 spiro atoms. The molecule has 0 radical (unpaired) electrons. The molecule has 5 nitrogen and oxygen atoms in total. The normalized spacial score (nSPS) is 17.8. The van der Waals surface area contributed by atoms with Crippen LogP contribution in [0.1, 0.15) is 60.0 Å². The Morgan fingerprint density at radius 1 is 0.795 bits per heavy atom. The minimum absolute atomic E-state index is 0.00776. The molecule has 0 aromatic heterocycles. The second kappa shape index (κ2) is 13.8. The fraction of sp³-hybridized carbons (Fsp3) is 0.441. The van der Waals surface area contributed by atoms with Crippen LogP contribution in [-0.2, 0) is 0 Å². The van der Waals surface area contributed by atoms with Gasteiger partial charge in [-0.3, -0.25) is 4.79 Å². The summed E-state index contributed by atoms with van der Waals surface area (Å²) in [4.78, 5) is 17.6. The summed E-state index contributed by atoms with van der Waals surface area (Å²) in [5.74, 6) is 2.04. The van der Waals surface area contributed by atoms with Gasteiger partial charge in [0.25, 0.3) is 5.91 Å². The van der Waals surface area contributed by atoms with E-state index in [-0.39, 0.29) is 12.0 Å². The Morgan fingerprint density at radius 3 is 1.95 bits per heavy atom. The van der Waals surface area contributed by atoms with Crippen molar-refractivity contribution in [3.05, 3.63) is 102 Å². The van der Waals surface area contributed by atoms with Crippen LogP contribution in [0.25, 0.3) is 0 Å². The molecule has 2 aliphatic heterocycles. The lowest BCUT2D eigenvalue weighted by Crippen LogP contribution is -2.40. The Labute approximate surface area is 234 Å². The van der Waals surface area contributed by atoms with Crippen molar-refractivity contribution in [2.24, 2.45) is 5.92 Å². The zero-order valence-electron chi connectivity index (χ0n) is 23.3. The first-order valence-corrected chi connectivity index (χ1v) is 14.7. The van der Waals surface area contributed by atoms with Crippen molar-refractivity contribution >= 4 is 5.91 Å². The molecule has 2 fully saturated rings. The fourth-order valence-electron chi connectivity index (χ4n) is 5.83. The Bertz CT molecular complexity index is 1100. The topological polar surface area (TPSA) is 44.8 Å². The average molecular weight is 526 g/mol. The number of ether oxygens (including phenoxy) is 1. The fourth-order valence-corrected chi connectivity index (χ4v) is 5.83. The first-order chi connectivity index (χ1) is 19.1. The second-order valence-corrected chi connectivity index (χ2v) is 11.3. The van der Waals surface area contributed by atoms with Gasteiger partial charge in [0.1, 0.15) is 11.9 Å². The summed E-state index contributed by atoms with van der Waals surface area (Å²) in [5, 5.41) is 3.08. The molecule has 5 rings (SSSR count). The largest absolute Gasteiger partial charge is 0.490 e. The molecular formula is C34H43N3O2. The maximum absolute atomic E-state index is 12.6. The lowest BCUT2D eigenvalue weighted by Gasteiger charge is -2.34. The molecule has 3 aromatic rings. The van der Waals surface area contributed by atoms with Gasteiger partial charge >= 0.3 is 0 Å². The van der Waals surface area contributed by atoms with Gasteiger partial charge in [-0.05, 0) is 80.1 Å². The summed E-state index contributed by atoms with van der Waals surface area (Å²) in [5.41, 5.74) is 3.43. The zero-order chi connectivity index (χ0) is 26.9. The monoisotopic (exact) mass is 525 g/mol. The predicted molar refractivity (Wildman–Crippen MR) is 158 cm³/mol. The Hall–Kier alpha value is -3.15. The van der Waals surface area contributed by atoms with E-state index in [4.69, 9.17) is 4.74 Å². The zero-order valence-corrected chi connectivity index (χ0v) is 23.3. The second-order valence-electron chi connectivity index (χ2n) is 11.3. The van der Waals surface area contributed by atoms with Crippen LogP contribution in [0.15, 0.2) is 84.9 Å². The van der Waals surface area contributed by atoms with Crippen molar-refractivity contribution < 1.29 is 9.53 Å². The number of nitrogens with one attached hydrogen (secondary N) is 1. The van der Waals surface area contributed by atoms with Gasteiger partial charge in [-0.15, -0.1) is 0 Å². The maximum Gasteiger partial charge on any atom is 0.251 e. The summed E-state index contributed by atoms with van der Waals surface area (Å²) in [7, 11) is 0. The standard InChI is InChI=1S/C34H43N3O2/c1-27-16-21-36(22-17-27)25-20-35-34(38)30-12-14-31(15-13-30)39-32-18-23-37(24-19-32)26-33(28-8-4-2-5-9-28)29-10-6-3-7-11-29/h2-15,27,32-33H,16-26H2,1H3,(H,35,38). The van der Waals surface area contributed by atoms with Gasteiger partial charge in [-0.25, -0.2) is 0 Å². The van der Waals surface area contributed by atoms with Crippen LogP contribution in [0.5, 0.6) is 5.75 Å². The Kier molecular flexibility index (Phi) is 9.68. The van der Waals surface area contributed by atoms with Crippen LogP contribution >= 0.6 is 0 Å². The molecule has 1 N–H and O–H groups in total. The molecule has 3 aromatic carbocycles. The number of carbonyl (C=O) groups is 1. The van der Waals surface area contributed by atoms with Crippen LogP contribution < -0.4 is 10.1 Å². The first-order valence-electron chi connectivity index (χ1n) is 14.7. The van der Waals surface area contributed by atoms with Crippen molar-refractivity contribution in [2.45, 2.75) is 44.6 Å². The molecule has 5 heteroatoms. The Morgan fingerprint density at radius 2 is 1.36 bits per heavy atom. The van der Waals surface area contributed by atoms with Gasteiger partial charge in [-0.1, -0.05) is 67.6 Å². The van der Waals surface area contributed by atoms with Gasteiger partial charge in [0, 0.05) is 44.2 Å². The van der Waals surface area contributed by atoms with Crippen molar-refractivity contribution in [1.29, 1.82) is 0 Å². The van der Waals surface area contributed by atoms with Crippen LogP contribution in [-0.4, -0.2) is 67.6 Å². The lowest BCUT2D eigenvalue weighted by molar-refractivity contribution is 0.0943. The molecule has 1 amide bonds. The summed E-state index contributed by atoms with van der Waals surface area (Å²) in [6.07, 6.45) is 4.74. The number of rotatable bonds is 10. The predicted octanol–water partition coefficient (Wildman–Crippen LogP) is 5.82. The van der Waals surface area contributed by atoms with Gasteiger partial charge in [0.05, 0.1) is 0 Å². The third kappa shape index (κ3) is 7.93. The van der Waals surface area contributed by atoms with E-state index in [0.717, 1.165) is 63.8 Å². The number of hydrogen-bond acceptors (Lipinski definition) is 4. The Balaban J connectivity index is 1.06. The van der Waals surface area contributed by atoms with E-state index in [1.54, 1.807) is 0 Å². The quantitative estimate of drug-likeness (QED) is 0.362. The molecule has 0 bridgehead atoms. The smallest absolute Gasteiger partial charge is 0.251 e. The minimum Gasteiger partial charge on any atom is -0.490 e. The van der Waals surface area contributed by atoms with Crippen molar-refractivity contribution in [2.75, 3.05) is 45.8 Å². The van der Waals surface area contributed by atoms with E-state index in [9.17, 15) is 4.79 Å². The first kappa shape index (κ1) is 27.4. The number of benzene rings is 3. The molecule has 2 heterocycles. The summed E-state index contributed by atoms with van der Waals surface area (Å²) < 4.78 is 6.32. The van der Waals surface area contributed by atoms with Gasteiger partial charge < -0.3 is 19.9 Å². The highest BCUT2D eigenvalue weighted by molar-refractivity contribution is 5.94. The molecule has 2 saturated heterocycles. The van der Waals surface area contributed by atoms with E-state index in [1.165, 1.54) is 24.0 Å². The van der Waals surface area contributed by atoms with Gasteiger partial charge in [-0.2, -0.15) is 0 Å². The number of nitrogens with zero attached hydrogens (tertiary/aromatic N) is 2.